The summed E-state index contributed by atoms with van der Waals surface area (Å²) >= 11 is 0. The monoisotopic (exact) mass is 294 g/mol. The van der Waals surface area contributed by atoms with Gasteiger partial charge in [0, 0.05) is 0 Å². The maximum Gasteiger partial charge on any atom is 0.190 e. The molecule has 0 amide bonds. The van der Waals surface area contributed by atoms with E-state index in [0.717, 1.165) is 5.56 Å². The van der Waals surface area contributed by atoms with Crippen molar-refractivity contribution in [1.29, 1.82) is 0 Å². The molecule has 0 unspecified atom stereocenters. The molecule has 5 nitrogen and oxygen atoms in total. The van der Waals surface area contributed by atoms with Crippen LogP contribution in [0.1, 0.15) is 26.3 Å². The first kappa shape index (κ1) is 14.9. The van der Waals surface area contributed by atoms with Crippen molar-refractivity contribution >= 4 is 0 Å². The second-order valence-electron chi connectivity index (χ2n) is 6.07. The fourth-order valence-corrected chi connectivity index (χ4v) is 2.85. The van der Waals surface area contributed by atoms with E-state index in [0.29, 0.717) is 6.61 Å². The molecule has 1 aromatic carbocycles. The molecule has 2 fully saturated rings. The first-order valence-electron chi connectivity index (χ1n) is 7.31. The van der Waals surface area contributed by atoms with Crippen LogP contribution in [0.3, 0.4) is 0 Å². The van der Waals surface area contributed by atoms with Crippen LogP contribution in [0.5, 0.6) is 0 Å². The standard InChI is InChI=1S/C16H22O5/c1-10(17)12-13(18-9-11-7-5-4-6-8-11)14-15(19-12)21-16(2,3)20-14/h4-8,10,12-15,17H,9H2,1-3H3/t10-,12-,13-,14-,15-/m1/s1. The van der Waals surface area contributed by atoms with Crippen LogP contribution in [0.15, 0.2) is 30.3 Å². The van der Waals surface area contributed by atoms with E-state index in [1.54, 1.807) is 6.92 Å². The maximum atomic E-state index is 9.89. The molecule has 0 saturated carbocycles. The lowest BCUT2D eigenvalue weighted by molar-refractivity contribution is -0.229. The van der Waals surface area contributed by atoms with Gasteiger partial charge in [-0.25, -0.2) is 0 Å². The number of hydrogen-bond acceptors (Lipinski definition) is 5. The molecule has 5 atom stereocenters. The predicted octanol–water partition coefficient (Wildman–Crippen LogP) is 1.83. The summed E-state index contributed by atoms with van der Waals surface area (Å²) in [6.45, 7) is 5.83. The summed E-state index contributed by atoms with van der Waals surface area (Å²) in [5, 5.41) is 9.89. The van der Waals surface area contributed by atoms with Gasteiger partial charge in [-0.15, -0.1) is 0 Å². The van der Waals surface area contributed by atoms with Gasteiger partial charge < -0.3 is 24.1 Å². The van der Waals surface area contributed by atoms with Crippen LogP contribution in [0.25, 0.3) is 0 Å². The molecule has 0 radical (unpaired) electrons. The highest BCUT2D eigenvalue weighted by Crippen LogP contribution is 2.39. The van der Waals surface area contributed by atoms with Crippen LogP contribution in [0, 0.1) is 0 Å². The Morgan fingerprint density at radius 2 is 1.95 bits per heavy atom. The van der Waals surface area contributed by atoms with Gasteiger partial charge in [0.05, 0.1) is 12.7 Å². The van der Waals surface area contributed by atoms with Gasteiger partial charge in [-0.2, -0.15) is 0 Å². The van der Waals surface area contributed by atoms with Crippen LogP contribution in [-0.4, -0.2) is 41.6 Å². The van der Waals surface area contributed by atoms with E-state index in [4.69, 9.17) is 18.9 Å². The van der Waals surface area contributed by atoms with Crippen LogP contribution in [-0.2, 0) is 25.6 Å². The minimum absolute atomic E-state index is 0.316. The van der Waals surface area contributed by atoms with E-state index in [2.05, 4.69) is 0 Å². The van der Waals surface area contributed by atoms with E-state index in [-0.39, 0.29) is 12.2 Å². The highest BCUT2D eigenvalue weighted by molar-refractivity contribution is 5.13. The zero-order valence-corrected chi connectivity index (χ0v) is 12.6. The van der Waals surface area contributed by atoms with Gasteiger partial charge in [0.1, 0.15) is 18.3 Å². The Bertz CT molecular complexity index is 473. The lowest BCUT2D eigenvalue weighted by Gasteiger charge is -2.27. The van der Waals surface area contributed by atoms with E-state index in [1.807, 2.05) is 44.2 Å². The summed E-state index contributed by atoms with van der Waals surface area (Å²) in [4.78, 5) is 0. The van der Waals surface area contributed by atoms with Gasteiger partial charge in [-0.05, 0) is 26.3 Å². The van der Waals surface area contributed by atoms with Crippen molar-refractivity contribution in [3.8, 4) is 0 Å². The third-order valence-corrected chi connectivity index (χ3v) is 3.79. The third kappa shape index (κ3) is 3.12. The Labute approximate surface area is 124 Å². The van der Waals surface area contributed by atoms with Gasteiger partial charge >= 0.3 is 0 Å². The molecule has 0 aromatic heterocycles. The van der Waals surface area contributed by atoms with Gasteiger partial charge in [0.2, 0.25) is 0 Å². The molecule has 5 heteroatoms. The average Bonchev–Trinajstić information content (AvgIpc) is 2.90. The van der Waals surface area contributed by atoms with Crippen molar-refractivity contribution in [2.75, 3.05) is 0 Å². The molecule has 2 aliphatic heterocycles. The topological polar surface area (TPSA) is 57.2 Å². The van der Waals surface area contributed by atoms with Crippen molar-refractivity contribution in [1.82, 2.24) is 0 Å². The molecular formula is C16H22O5. The highest BCUT2D eigenvalue weighted by atomic mass is 16.8. The Morgan fingerprint density at radius 1 is 1.24 bits per heavy atom. The second kappa shape index (κ2) is 5.66. The van der Waals surface area contributed by atoms with Gasteiger partial charge in [-0.3, -0.25) is 0 Å². The fraction of sp³-hybridized carbons (Fsp3) is 0.625. The number of aliphatic hydroxyl groups excluding tert-OH is 1. The molecule has 2 aliphatic rings. The zero-order valence-electron chi connectivity index (χ0n) is 12.6. The van der Waals surface area contributed by atoms with Crippen LogP contribution < -0.4 is 0 Å². The summed E-state index contributed by atoms with van der Waals surface area (Å²) in [6, 6.07) is 9.91. The van der Waals surface area contributed by atoms with Crippen molar-refractivity contribution in [3.63, 3.8) is 0 Å². The molecule has 1 N–H and O–H groups in total. The van der Waals surface area contributed by atoms with E-state index in [9.17, 15) is 5.11 Å². The maximum absolute atomic E-state index is 9.89. The molecule has 0 bridgehead atoms. The largest absolute Gasteiger partial charge is 0.391 e. The number of rotatable bonds is 4. The van der Waals surface area contributed by atoms with Gasteiger partial charge in [0.25, 0.3) is 0 Å². The SMILES string of the molecule is C[C@@H](O)[C@H]1O[C@@H]2OC(C)(C)O[C@@H]2[C@@H]1OCc1ccccc1. The highest BCUT2D eigenvalue weighted by Gasteiger charge is 2.56. The zero-order chi connectivity index (χ0) is 15.0. The molecule has 3 rings (SSSR count). The number of benzene rings is 1. The fourth-order valence-electron chi connectivity index (χ4n) is 2.85. The van der Waals surface area contributed by atoms with E-state index < -0.39 is 24.3 Å². The molecular weight excluding hydrogens is 272 g/mol. The van der Waals surface area contributed by atoms with Crippen LogP contribution in [0.4, 0.5) is 0 Å². The Morgan fingerprint density at radius 3 is 2.62 bits per heavy atom. The Kier molecular flexibility index (Phi) is 4.03. The summed E-state index contributed by atoms with van der Waals surface area (Å²) in [5.74, 6) is -0.687. The molecule has 2 saturated heterocycles. The number of aliphatic hydroxyl groups is 1. The van der Waals surface area contributed by atoms with Crippen molar-refractivity contribution in [2.24, 2.45) is 0 Å². The summed E-state index contributed by atoms with van der Waals surface area (Å²) in [6.07, 6.45) is -2.24. The summed E-state index contributed by atoms with van der Waals surface area (Å²) in [7, 11) is 0. The lowest BCUT2D eigenvalue weighted by Crippen LogP contribution is -2.41. The molecule has 0 aliphatic carbocycles. The van der Waals surface area contributed by atoms with Crippen molar-refractivity contribution < 1.29 is 24.1 Å². The molecule has 0 spiro atoms. The molecule has 116 valence electrons. The Hall–Kier alpha value is -0.980. The third-order valence-electron chi connectivity index (χ3n) is 3.79. The first-order chi connectivity index (χ1) is 9.96. The van der Waals surface area contributed by atoms with E-state index in [1.165, 1.54) is 0 Å². The van der Waals surface area contributed by atoms with Crippen LogP contribution in [0.2, 0.25) is 0 Å². The molecule has 1 aromatic rings. The van der Waals surface area contributed by atoms with Crippen LogP contribution >= 0.6 is 0 Å². The predicted molar refractivity (Wildman–Crippen MR) is 75.4 cm³/mol. The number of hydrogen-bond donors (Lipinski definition) is 1. The molecule has 2 heterocycles. The second-order valence-corrected chi connectivity index (χ2v) is 6.07. The van der Waals surface area contributed by atoms with Gasteiger partial charge in [-0.1, -0.05) is 30.3 Å². The van der Waals surface area contributed by atoms with Gasteiger partial charge in [0.15, 0.2) is 12.1 Å². The van der Waals surface area contributed by atoms with E-state index >= 15 is 0 Å². The minimum atomic E-state index is -0.687. The first-order valence-corrected chi connectivity index (χ1v) is 7.31. The minimum Gasteiger partial charge on any atom is -0.391 e. The van der Waals surface area contributed by atoms with Crippen molar-refractivity contribution in [2.45, 2.75) is 63.9 Å². The normalized spacial score (nSPS) is 35.6. The number of ether oxygens (including phenoxy) is 4. The summed E-state index contributed by atoms with van der Waals surface area (Å²) in [5.41, 5.74) is 1.07. The smallest absolute Gasteiger partial charge is 0.190 e. The Balaban J connectivity index is 1.70. The van der Waals surface area contributed by atoms with Crippen molar-refractivity contribution in [3.05, 3.63) is 35.9 Å². The number of fused-ring (bicyclic) bond motifs is 1. The quantitative estimate of drug-likeness (QED) is 0.918. The lowest BCUT2D eigenvalue weighted by atomic mass is 10.1. The summed E-state index contributed by atoms with van der Waals surface area (Å²) < 4.78 is 23.3. The average molecular weight is 294 g/mol. The molecule has 21 heavy (non-hydrogen) atoms.